The maximum absolute atomic E-state index is 12.6. The van der Waals surface area contributed by atoms with Crippen LogP contribution in [0.15, 0.2) is 41.3 Å². The minimum Gasteiger partial charge on any atom is -0.315 e. The lowest BCUT2D eigenvalue weighted by molar-refractivity contribution is 0.811. The van der Waals surface area contributed by atoms with E-state index in [0.717, 1.165) is 27.7 Å². The molecule has 21 heavy (non-hydrogen) atoms. The van der Waals surface area contributed by atoms with E-state index in [-0.39, 0.29) is 5.56 Å². The average molecular weight is 278 g/mol. The predicted octanol–water partition coefficient (Wildman–Crippen LogP) is 3.53. The van der Waals surface area contributed by atoms with Gasteiger partial charge in [0.2, 0.25) is 0 Å². The largest absolute Gasteiger partial charge is 0.315 e. The molecule has 0 radical (unpaired) electrons. The third kappa shape index (κ3) is 2.05. The average Bonchev–Trinajstić information content (AvgIpc) is 2.50. The van der Waals surface area contributed by atoms with Crippen molar-refractivity contribution >= 4 is 10.9 Å². The summed E-state index contributed by atoms with van der Waals surface area (Å²) in [6.45, 7) is 6.06. The molecule has 0 fully saturated rings. The van der Waals surface area contributed by atoms with Crippen LogP contribution in [0.4, 0.5) is 0 Å². The van der Waals surface area contributed by atoms with Gasteiger partial charge in [0.05, 0.1) is 5.52 Å². The van der Waals surface area contributed by atoms with Gasteiger partial charge >= 0.3 is 0 Å². The van der Waals surface area contributed by atoms with Gasteiger partial charge in [0.15, 0.2) is 0 Å². The Bertz CT molecular complexity index is 907. The van der Waals surface area contributed by atoms with Crippen LogP contribution in [0, 0.1) is 20.8 Å². The molecule has 0 atom stereocenters. The highest BCUT2D eigenvalue weighted by molar-refractivity contribution is 5.95. The second kappa shape index (κ2) is 4.85. The maximum Gasteiger partial charge on any atom is 0.258 e. The molecule has 0 bridgehead atoms. The van der Waals surface area contributed by atoms with Crippen LogP contribution in [-0.2, 0) is 7.05 Å². The van der Waals surface area contributed by atoms with E-state index >= 15 is 0 Å². The summed E-state index contributed by atoms with van der Waals surface area (Å²) in [6.07, 6.45) is 1.77. The van der Waals surface area contributed by atoms with E-state index in [1.54, 1.807) is 10.8 Å². The maximum atomic E-state index is 12.6. The molecular formula is C18H18N2O. The van der Waals surface area contributed by atoms with Crippen molar-refractivity contribution < 1.29 is 0 Å². The standard InChI is InChI=1S/C18H18N2O/c1-11-7-8-15(17-14(11)6-5-9-19-17)16-10-12(2)13(3)20(4)18(16)21/h5-10H,1-4H3. The summed E-state index contributed by atoms with van der Waals surface area (Å²) < 4.78 is 1.71. The van der Waals surface area contributed by atoms with Crippen LogP contribution in [0.3, 0.4) is 0 Å². The molecule has 3 nitrogen and oxygen atoms in total. The number of hydrogen-bond acceptors (Lipinski definition) is 2. The Balaban J connectivity index is 2.43. The Morgan fingerprint density at radius 2 is 1.76 bits per heavy atom. The van der Waals surface area contributed by atoms with Crippen LogP contribution >= 0.6 is 0 Å². The fourth-order valence-corrected chi connectivity index (χ4v) is 2.71. The minimum atomic E-state index is 0.0221. The molecule has 1 aromatic carbocycles. The van der Waals surface area contributed by atoms with Gasteiger partial charge in [0, 0.05) is 35.5 Å². The first kappa shape index (κ1) is 13.6. The minimum absolute atomic E-state index is 0.0221. The number of nitrogens with zero attached hydrogens (tertiary/aromatic N) is 2. The zero-order chi connectivity index (χ0) is 15.1. The van der Waals surface area contributed by atoms with Crippen LogP contribution in [0.1, 0.15) is 16.8 Å². The van der Waals surface area contributed by atoms with Gasteiger partial charge in [0.25, 0.3) is 5.56 Å². The number of aryl methyl sites for hydroxylation is 2. The first-order chi connectivity index (χ1) is 10.0. The van der Waals surface area contributed by atoms with E-state index < -0.39 is 0 Å². The molecule has 0 aliphatic carbocycles. The summed E-state index contributed by atoms with van der Waals surface area (Å²) >= 11 is 0. The first-order valence-electron chi connectivity index (χ1n) is 7.02. The molecule has 3 rings (SSSR count). The summed E-state index contributed by atoms with van der Waals surface area (Å²) in [5.41, 5.74) is 5.79. The van der Waals surface area contributed by atoms with E-state index in [2.05, 4.69) is 11.9 Å². The summed E-state index contributed by atoms with van der Waals surface area (Å²) in [5, 5.41) is 1.09. The van der Waals surface area contributed by atoms with Crippen LogP contribution in [0.25, 0.3) is 22.0 Å². The van der Waals surface area contributed by atoms with Crippen molar-refractivity contribution in [2.24, 2.45) is 7.05 Å². The highest BCUT2D eigenvalue weighted by Gasteiger charge is 2.13. The molecule has 2 heterocycles. The number of rotatable bonds is 1. The molecule has 0 amide bonds. The van der Waals surface area contributed by atoms with Gasteiger partial charge in [-0.05, 0) is 44.0 Å². The van der Waals surface area contributed by atoms with Gasteiger partial charge in [-0.2, -0.15) is 0 Å². The molecule has 0 N–H and O–H groups in total. The molecular weight excluding hydrogens is 260 g/mol. The Morgan fingerprint density at radius 1 is 1.00 bits per heavy atom. The fourth-order valence-electron chi connectivity index (χ4n) is 2.71. The fraction of sp³-hybridized carbons (Fsp3) is 0.222. The number of aromatic nitrogens is 2. The van der Waals surface area contributed by atoms with Gasteiger partial charge in [-0.25, -0.2) is 0 Å². The Kier molecular flexibility index (Phi) is 3.13. The Morgan fingerprint density at radius 3 is 2.52 bits per heavy atom. The van der Waals surface area contributed by atoms with Crippen LogP contribution < -0.4 is 5.56 Å². The summed E-state index contributed by atoms with van der Waals surface area (Å²) in [6, 6.07) is 9.99. The van der Waals surface area contributed by atoms with Crippen LogP contribution in [0.5, 0.6) is 0 Å². The molecule has 3 aromatic rings. The highest BCUT2D eigenvalue weighted by atomic mass is 16.1. The molecule has 0 aliphatic heterocycles. The Labute approximate surface area is 123 Å². The van der Waals surface area contributed by atoms with Crippen molar-refractivity contribution in [3.05, 3.63) is 63.7 Å². The van der Waals surface area contributed by atoms with Crippen molar-refractivity contribution in [2.45, 2.75) is 20.8 Å². The zero-order valence-electron chi connectivity index (χ0n) is 12.8. The lowest BCUT2D eigenvalue weighted by Gasteiger charge is -2.12. The van der Waals surface area contributed by atoms with E-state index in [4.69, 9.17) is 0 Å². The Hall–Kier alpha value is -2.42. The van der Waals surface area contributed by atoms with Gasteiger partial charge in [0.1, 0.15) is 0 Å². The molecule has 0 saturated heterocycles. The second-order valence-electron chi connectivity index (χ2n) is 5.52. The summed E-state index contributed by atoms with van der Waals surface area (Å²) in [5.74, 6) is 0. The van der Waals surface area contributed by atoms with Gasteiger partial charge in [-0.3, -0.25) is 9.78 Å². The smallest absolute Gasteiger partial charge is 0.258 e. The molecule has 0 spiro atoms. The van der Waals surface area contributed by atoms with Gasteiger partial charge in [-0.15, -0.1) is 0 Å². The lowest BCUT2D eigenvalue weighted by Crippen LogP contribution is -2.21. The van der Waals surface area contributed by atoms with Crippen molar-refractivity contribution in [3.8, 4) is 11.1 Å². The normalized spacial score (nSPS) is 11.0. The van der Waals surface area contributed by atoms with Crippen molar-refractivity contribution in [3.63, 3.8) is 0 Å². The SMILES string of the molecule is Cc1cc(-c2ccc(C)c3cccnc23)c(=O)n(C)c1C. The van der Waals surface area contributed by atoms with Crippen molar-refractivity contribution in [2.75, 3.05) is 0 Å². The monoisotopic (exact) mass is 278 g/mol. The zero-order valence-corrected chi connectivity index (χ0v) is 12.8. The van der Waals surface area contributed by atoms with E-state index in [1.807, 2.05) is 51.2 Å². The third-order valence-electron chi connectivity index (χ3n) is 4.25. The number of fused-ring (bicyclic) bond motifs is 1. The van der Waals surface area contributed by atoms with E-state index in [9.17, 15) is 4.79 Å². The topological polar surface area (TPSA) is 34.9 Å². The van der Waals surface area contributed by atoms with Crippen LogP contribution in [0.2, 0.25) is 0 Å². The highest BCUT2D eigenvalue weighted by Crippen LogP contribution is 2.28. The summed E-state index contributed by atoms with van der Waals surface area (Å²) in [4.78, 5) is 17.1. The van der Waals surface area contributed by atoms with Crippen molar-refractivity contribution in [1.82, 2.24) is 9.55 Å². The quantitative estimate of drug-likeness (QED) is 0.682. The van der Waals surface area contributed by atoms with Gasteiger partial charge in [-0.1, -0.05) is 18.2 Å². The molecule has 0 aliphatic rings. The molecule has 0 saturated carbocycles. The third-order valence-corrected chi connectivity index (χ3v) is 4.25. The lowest BCUT2D eigenvalue weighted by atomic mass is 9.98. The van der Waals surface area contributed by atoms with Gasteiger partial charge < -0.3 is 4.57 Å². The molecule has 2 aromatic heterocycles. The summed E-state index contributed by atoms with van der Waals surface area (Å²) in [7, 11) is 1.82. The number of pyridine rings is 2. The van der Waals surface area contributed by atoms with Crippen molar-refractivity contribution in [1.29, 1.82) is 0 Å². The number of benzene rings is 1. The molecule has 3 heteroatoms. The molecule has 106 valence electrons. The second-order valence-corrected chi connectivity index (χ2v) is 5.52. The predicted molar refractivity (Wildman–Crippen MR) is 86.6 cm³/mol. The van der Waals surface area contributed by atoms with E-state index in [1.165, 1.54) is 5.56 Å². The van der Waals surface area contributed by atoms with Crippen LogP contribution in [-0.4, -0.2) is 9.55 Å². The van der Waals surface area contributed by atoms with E-state index in [0.29, 0.717) is 5.56 Å². The first-order valence-corrected chi connectivity index (χ1v) is 7.02. The number of hydrogen-bond donors (Lipinski definition) is 0. The molecule has 0 unspecified atom stereocenters.